The highest BCUT2D eigenvalue weighted by atomic mass is 16.5. The number of morpholine rings is 1. The quantitative estimate of drug-likeness (QED) is 0.744. The highest BCUT2D eigenvalue weighted by molar-refractivity contribution is 4.89. The SMILES string of the molecule is CC1(C)CN(CCCNC2CC2)CC(C)(C)O1. The van der Waals surface area contributed by atoms with Gasteiger partial charge < -0.3 is 10.1 Å². The van der Waals surface area contributed by atoms with E-state index in [0.717, 1.165) is 19.1 Å². The molecule has 1 aliphatic carbocycles. The Hall–Kier alpha value is -0.120. The Morgan fingerprint density at radius 3 is 2.24 bits per heavy atom. The molecule has 100 valence electrons. The van der Waals surface area contributed by atoms with E-state index in [2.05, 4.69) is 37.9 Å². The van der Waals surface area contributed by atoms with Gasteiger partial charge in [-0.05, 0) is 60.0 Å². The molecule has 3 heteroatoms. The molecule has 2 rings (SSSR count). The highest BCUT2D eigenvalue weighted by Crippen LogP contribution is 2.27. The molecule has 0 aromatic heterocycles. The number of hydrogen-bond donors (Lipinski definition) is 1. The van der Waals surface area contributed by atoms with Crippen molar-refractivity contribution in [3.63, 3.8) is 0 Å². The van der Waals surface area contributed by atoms with E-state index in [0.29, 0.717) is 0 Å². The van der Waals surface area contributed by atoms with Crippen LogP contribution in [-0.4, -0.2) is 48.3 Å². The average molecular weight is 240 g/mol. The van der Waals surface area contributed by atoms with Crippen molar-refractivity contribution in [3.05, 3.63) is 0 Å². The molecule has 0 aromatic carbocycles. The number of hydrogen-bond acceptors (Lipinski definition) is 3. The van der Waals surface area contributed by atoms with Gasteiger partial charge in [0.15, 0.2) is 0 Å². The first-order valence-corrected chi connectivity index (χ1v) is 7.02. The minimum atomic E-state index is -0.00826. The molecule has 1 aliphatic heterocycles. The van der Waals surface area contributed by atoms with Crippen LogP contribution in [0.5, 0.6) is 0 Å². The van der Waals surface area contributed by atoms with Gasteiger partial charge in [0.2, 0.25) is 0 Å². The Labute approximate surface area is 106 Å². The van der Waals surface area contributed by atoms with Crippen molar-refractivity contribution in [1.29, 1.82) is 0 Å². The molecule has 1 saturated heterocycles. The molecule has 2 fully saturated rings. The van der Waals surface area contributed by atoms with E-state index in [4.69, 9.17) is 4.74 Å². The first-order valence-electron chi connectivity index (χ1n) is 7.02. The Balaban J connectivity index is 1.71. The Bertz CT molecular complexity index is 243. The summed E-state index contributed by atoms with van der Waals surface area (Å²) in [6, 6.07) is 0.840. The molecule has 0 radical (unpaired) electrons. The molecule has 1 heterocycles. The van der Waals surface area contributed by atoms with E-state index >= 15 is 0 Å². The van der Waals surface area contributed by atoms with Crippen molar-refractivity contribution in [2.75, 3.05) is 26.2 Å². The first-order chi connectivity index (χ1) is 7.86. The van der Waals surface area contributed by atoms with Crippen molar-refractivity contribution in [3.8, 4) is 0 Å². The molecule has 3 nitrogen and oxygen atoms in total. The fourth-order valence-electron chi connectivity index (χ4n) is 3.00. The maximum Gasteiger partial charge on any atom is 0.0760 e. The van der Waals surface area contributed by atoms with Gasteiger partial charge in [-0.25, -0.2) is 0 Å². The van der Waals surface area contributed by atoms with E-state index in [9.17, 15) is 0 Å². The standard InChI is InChI=1S/C14H28N2O/c1-13(2)10-16(11-14(3,4)17-13)9-5-8-15-12-6-7-12/h12,15H,5-11H2,1-4H3. The van der Waals surface area contributed by atoms with Crippen molar-refractivity contribution in [2.45, 2.75) is 64.2 Å². The second kappa shape index (κ2) is 4.87. The lowest BCUT2D eigenvalue weighted by Gasteiger charge is -2.47. The molecule has 1 N–H and O–H groups in total. The van der Waals surface area contributed by atoms with Gasteiger partial charge in [-0.3, -0.25) is 4.90 Å². The largest absolute Gasteiger partial charge is 0.367 e. The lowest BCUT2D eigenvalue weighted by Crippen LogP contribution is -2.57. The number of ether oxygens (including phenoxy) is 1. The third kappa shape index (κ3) is 4.57. The lowest BCUT2D eigenvalue weighted by atomic mass is 9.99. The van der Waals surface area contributed by atoms with E-state index in [-0.39, 0.29) is 11.2 Å². The summed E-state index contributed by atoms with van der Waals surface area (Å²) >= 11 is 0. The fourth-order valence-corrected chi connectivity index (χ4v) is 3.00. The summed E-state index contributed by atoms with van der Waals surface area (Å²) in [6.07, 6.45) is 4.03. The van der Waals surface area contributed by atoms with Crippen LogP contribution in [-0.2, 0) is 4.74 Å². The predicted octanol–water partition coefficient (Wildman–Crippen LogP) is 2.02. The Kier molecular flexibility index (Phi) is 3.81. The van der Waals surface area contributed by atoms with Crippen molar-refractivity contribution >= 4 is 0 Å². The molecular weight excluding hydrogens is 212 g/mol. The maximum atomic E-state index is 6.09. The van der Waals surface area contributed by atoms with Gasteiger partial charge in [0.25, 0.3) is 0 Å². The number of nitrogens with zero attached hydrogens (tertiary/aromatic N) is 1. The number of rotatable bonds is 5. The van der Waals surface area contributed by atoms with Gasteiger partial charge in [0.1, 0.15) is 0 Å². The molecule has 0 bridgehead atoms. The van der Waals surface area contributed by atoms with Gasteiger partial charge in [0, 0.05) is 19.1 Å². The van der Waals surface area contributed by atoms with E-state index in [1.54, 1.807) is 0 Å². The van der Waals surface area contributed by atoms with Gasteiger partial charge >= 0.3 is 0 Å². The Morgan fingerprint density at radius 1 is 1.12 bits per heavy atom. The zero-order valence-electron chi connectivity index (χ0n) is 11.9. The third-order valence-electron chi connectivity index (χ3n) is 3.42. The summed E-state index contributed by atoms with van der Waals surface area (Å²) in [7, 11) is 0. The second-order valence-corrected chi connectivity index (χ2v) is 6.91. The van der Waals surface area contributed by atoms with Crippen LogP contribution in [0.25, 0.3) is 0 Å². The van der Waals surface area contributed by atoms with Gasteiger partial charge in [-0.15, -0.1) is 0 Å². The normalized spacial score (nSPS) is 28.2. The molecule has 0 unspecified atom stereocenters. The van der Waals surface area contributed by atoms with Crippen LogP contribution in [0.4, 0.5) is 0 Å². The lowest BCUT2D eigenvalue weighted by molar-refractivity contribution is -0.180. The highest BCUT2D eigenvalue weighted by Gasteiger charge is 2.37. The fraction of sp³-hybridized carbons (Fsp3) is 1.00. The molecule has 0 aromatic rings. The summed E-state index contributed by atoms with van der Waals surface area (Å²) in [5.74, 6) is 0. The summed E-state index contributed by atoms with van der Waals surface area (Å²) in [6.45, 7) is 13.3. The van der Waals surface area contributed by atoms with E-state index < -0.39 is 0 Å². The van der Waals surface area contributed by atoms with Crippen LogP contribution in [0.2, 0.25) is 0 Å². The monoisotopic (exact) mass is 240 g/mol. The van der Waals surface area contributed by atoms with Crippen LogP contribution in [0, 0.1) is 0 Å². The topological polar surface area (TPSA) is 24.5 Å². The summed E-state index contributed by atoms with van der Waals surface area (Å²) in [5.41, 5.74) is -0.0165. The minimum Gasteiger partial charge on any atom is -0.367 e. The van der Waals surface area contributed by atoms with Crippen LogP contribution < -0.4 is 5.32 Å². The van der Waals surface area contributed by atoms with Crippen LogP contribution in [0.3, 0.4) is 0 Å². The average Bonchev–Trinajstić information content (AvgIpc) is 2.90. The molecule has 2 aliphatic rings. The first kappa shape index (κ1) is 13.3. The van der Waals surface area contributed by atoms with Crippen LogP contribution in [0.15, 0.2) is 0 Å². The van der Waals surface area contributed by atoms with E-state index in [1.807, 2.05) is 0 Å². The van der Waals surface area contributed by atoms with Gasteiger partial charge in [-0.2, -0.15) is 0 Å². The van der Waals surface area contributed by atoms with Crippen LogP contribution >= 0.6 is 0 Å². The summed E-state index contributed by atoms with van der Waals surface area (Å²) in [4.78, 5) is 2.55. The molecule has 0 spiro atoms. The van der Waals surface area contributed by atoms with Crippen molar-refractivity contribution in [1.82, 2.24) is 10.2 Å². The van der Waals surface area contributed by atoms with Crippen LogP contribution in [0.1, 0.15) is 47.0 Å². The number of nitrogens with one attached hydrogen (secondary N) is 1. The van der Waals surface area contributed by atoms with Crippen molar-refractivity contribution in [2.24, 2.45) is 0 Å². The minimum absolute atomic E-state index is 0.00826. The third-order valence-corrected chi connectivity index (χ3v) is 3.42. The predicted molar refractivity (Wildman–Crippen MR) is 71.3 cm³/mol. The second-order valence-electron chi connectivity index (χ2n) is 6.91. The van der Waals surface area contributed by atoms with Gasteiger partial charge in [-0.1, -0.05) is 0 Å². The zero-order valence-corrected chi connectivity index (χ0v) is 11.9. The molecule has 0 atom stereocenters. The smallest absolute Gasteiger partial charge is 0.0760 e. The maximum absolute atomic E-state index is 6.09. The van der Waals surface area contributed by atoms with Crippen molar-refractivity contribution < 1.29 is 4.74 Å². The zero-order chi connectivity index (χ0) is 12.5. The molecular formula is C14H28N2O. The molecule has 17 heavy (non-hydrogen) atoms. The summed E-state index contributed by atoms with van der Waals surface area (Å²) in [5, 5.41) is 3.58. The van der Waals surface area contributed by atoms with Gasteiger partial charge in [0.05, 0.1) is 11.2 Å². The van der Waals surface area contributed by atoms with E-state index in [1.165, 1.54) is 32.4 Å². The molecule has 0 amide bonds. The molecule has 1 saturated carbocycles. The summed E-state index contributed by atoms with van der Waals surface area (Å²) < 4.78 is 6.09. The Morgan fingerprint density at radius 2 is 1.71 bits per heavy atom.